The van der Waals surface area contributed by atoms with E-state index < -0.39 is 6.10 Å². The average Bonchev–Trinajstić information content (AvgIpc) is 2.74. The first kappa shape index (κ1) is 15.1. The Morgan fingerprint density at radius 1 is 1.30 bits per heavy atom. The van der Waals surface area contributed by atoms with Gasteiger partial charge >= 0.3 is 0 Å². The fraction of sp³-hybridized carbons (Fsp3) is 0.438. The first-order chi connectivity index (χ1) is 9.54. The number of hydrogen-bond donors (Lipinski definition) is 1. The molecule has 2 rings (SSSR count). The predicted octanol–water partition coefficient (Wildman–Crippen LogP) is 3.55. The van der Waals surface area contributed by atoms with Crippen LogP contribution in [0.4, 0.5) is 0 Å². The van der Waals surface area contributed by atoms with Crippen LogP contribution in [0, 0.1) is 5.92 Å². The van der Waals surface area contributed by atoms with Crippen molar-refractivity contribution in [3.05, 3.63) is 52.3 Å². The number of rotatable bonds is 5. The molecule has 0 saturated carbocycles. The fourth-order valence-corrected chi connectivity index (χ4v) is 2.81. The fourth-order valence-electron chi connectivity index (χ4n) is 2.44. The van der Waals surface area contributed by atoms with Crippen molar-refractivity contribution in [3.8, 4) is 0 Å². The van der Waals surface area contributed by atoms with Crippen LogP contribution in [0.2, 0.25) is 5.02 Å². The molecule has 0 aliphatic heterocycles. The second-order valence-electron chi connectivity index (χ2n) is 5.22. The lowest BCUT2D eigenvalue weighted by Gasteiger charge is -2.19. The smallest absolute Gasteiger partial charge is 0.0849 e. The minimum Gasteiger partial charge on any atom is -0.388 e. The molecule has 4 heteroatoms. The summed E-state index contributed by atoms with van der Waals surface area (Å²) in [6, 6.07) is 9.73. The van der Waals surface area contributed by atoms with E-state index in [0.717, 1.165) is 28.4 Å². The van der Waals surface area contributed by atoms with Gasteiger partial charge in [0.2, 0.25) is 0 Å². The van der Waals surface area contributed by atoms with E-state index in [2.05, 4.69) is 5.10 Å². The quantitative estimate of drug-likeness (QED) is 0.915. The van der Waals surface area contributed by atoms with Crippen molar-refractivity contribution in [3.63, 3.8) is 0 Å². The van der Waals surface area contributed by atoms with E-state index in [1.165, 1.54) is 0 Å². The average molecular weight is 293 g/mol. The Kier molecular flexibility index (Phi) is 4.84. The highest BCUT2D eigenvalue weighted by Gasteiger charge is 2.21. The SMILES string of the molecule is CCc1nn(C)c(CC(C)C(O)c2ccccc2)c1Cl. The van der Waals surface area contributed by atoms with Crippen molar-refractivity contribution < 1.29 is 5.11 Å². The lowest BCUT2D eigenvalue weighted by atomic mass is 9.93. The molecule has 0 amide bonds. The Hall–Kier alpha value is -1.32. The molecule has 1 heterocycles. The summed E-state index contributed by atoms with van der Waals surface area (Å²) in [6.45, 7) is 4.08. The number of hydrogen-bond acceptors (Lipinski definition) is 2. The third-order valence-electron chi connectivity index (χ3n) is 3.70. The number of aliphatic hydroxyl groups excluding tert-OH is 1. The first-order valence-corrected chi connectivity index (χ1v) is 7.35. The third kappa shape index (κ3) is 3.05. The molecule has 2 atom stereocenters. The zero-order valence-electron chi connectivity index (χ0n) is 12.2. The van der Waals surface area contributed by atoms with Crippen molar-refractivity contribution in [2.45, 2.75) is 32.8 Å². The molecule has 3 nitrogen and oxygen atoms in total. The number of aromatic nitrogens is 2. The molecular weight excluding hydrogens is 272 g/mol. The van der Waals surface area contributed by atoms with E-state index in [1.54, 1.807) is 0 Å². The van der Waals surface area contributed by atoms with Crippen molar-refractivity contribution >= 4 is 11.6 Å². The van der Waals surface area contributed by atoms with Crippen molar-refractivity contribution in [2.75, 3.05) is 0 Å². The molecule has 2 aromatic rings. The molecule has 1 aromatic heterocycles. The number of aliphatic hydroxyl groups is 1. The molecule has 0 spiro atoms. The lowest BCUT2D eigenvalue weighted by molar-refractivity contribution is 0.116. The van der Waals surface area contributed by atoms with Gasteiger partial charge in [-0.25, -0.2) is 0 Å². The van der Waals surface area contributed by atoms with Gasteiger partial charge in [0.05, 0.1) is 22.5 Å². The molecule has 0 bridgehead atoms. The van der Waals surface area contributed by atoms with Gasteiger partial charge in [0.25, 0.3) is 0 Å². The van der Waals surface area contributed by atoms with E-state index in [-0.39, 0.29) is 5.92 Å². The Morgan fingerprint density at radius 2 is 1.95 bits per heavy atom. The molecular formula is C16H21ClN2O. The summed E-state index contributed by atoms with van der Waals surface area (Å²) in [5.41, 5.74) is 2.85. The zero-order chi connectivity index (χ0) is 14.7. The van der Waals surface area contributed by atoms with E-state index >= 15 is 0 Å². The first-order valence-electron chi connectivity index (χ1n) is 6.97. The summed E-state index contributed by atoms with van der Waals surface area (Å²) in [5, 5.41) is 15.6. The predicted molar refractivity (Wildman–Crippen MR) is 81.9 cm³/mol. The van der Waals surface area contributed by atoms with Gasteiger partial charge < -0.3 is 5.11 Å². The van der Waals surface area contributed by atoms with Crippen LogP contribution in [-0.2, 0) is 19.9 Å². The van der Waals surface area contributed by atoms with Gasteiger partial charge in [0.1, 0.15) is 0 Å². The molecule has 108 valence electrons. The number of nitrogens with zero attached hydrogens (tertiary/aromatic N) is 2. The van der Waals surface area contributed by atoms with Gasteiger partial charge in [-0.1, -0.05) is 55.8 Å². The monoisotopic (exact) mass is 292 g/mol. The Morgan fingerprint density at radius 3 is 2.50 bits per heavy atom. The van der Waals surface area contributed by atoms with Crippen molar-refractivity contribution in [1.82, 2.24) is 9.78 Å². The maximum absolute atomic E-state index is 10.4. The standard InChI is InChI=1S/C16H21ClN2O/c1-4-13-15(17)14(19(3)18-13)10-11(2)16(20)12-8-6-5-7-9-12/h5-9,11,16,20H,4,10H2,1-3H3. The van der Waals surface area contributed by atoms with Crippen LogP contribution in [0.1, 0.15) is 36.9 Å². The van der Waals surface area contributed by atoms with Crippen LogP contribution in [0.3, 0.4) is 0 Å². The van der Waals surface area contributed by atoms with Crippen LogP contribution >= 0.6 is 11.6 Å². The maximum atomic E-state index is 10.4. The van der Waals surface area contributed by atoms with Crippen LogP contribution in [0.15, 0.2) is 30.3 Å². The summed E-state index contributed by atoms with van der Waals surface area (Å²) in [6.07, 6.45) is 1.04. The summed E-state index contributed by atoms with van der Waals surface area (Å²) in [4.78, 5) is 0. The summed E-state index contributed by atoms with van der Waals surface area (Å²) < 4.78 is 1.83. The Balaban J connectivity index is 2.16. The van der Waals surface area contributed by atoms with E-state index in [0.29, 0.717) is 6.42 Å². The summed E-state index contributed by atoms with van der Waals surface area (Å²) >= 11 is 6.36. The van der Waals surface area contributed by atoms with Crippen LogP contribution in [-0.4, -0.2) is 14.9 Å². The van der Waals surface area contributed by atoms with Gasteiger partial charge in [-0.3, -0.25) is 4.68 Å². The molecule has 2 unspecified atom stereocenters. The minimum absolute atomic E-state index is 0.0787. The molecule has 1 N–H and O–H groups in total. The number of halogens is 1. The highest BCUT2D eigenvalue weighted by molar-refractivity contribution is 6.31. The third-order valence-corrected chi connectivity index (χ3v) is 4.13. The Bertz CT molecular complexity index is 565. The van der Waals surface area contributed by atoms with Crippen LogP contribution in [0.5, 0.6) is 0 Å². The molecule has 1 aromatic carbocycles. The zero-order valence-corrected chi connectivity index (χ0v) is 12.9. The van der Waals surface area contributed by atoms with Crippen molar-refractivity contribution in [2.24, 2.45) is 13.0 Å². The molecule has 0 radical (unpaired) electrons. The van der Waals surface area contributed by atoms with Crippen molar-refractivity contribution in [1.29, 1.82) is 0 Å². The van der Waals surface area contributed by atoms with Gasteiger partial charge in [0.15, 0.2) is 0 Å². The van der Waals surface area contributed by atoms with E-state index in [4.69, 9.17) is 11.6 Å². The topological polar surface area (TPSA) is 38.0 Å². The molecule has 0 aliphatic rings. The highest BCUT2D eigenvalue weighted by Crippen LogP contribution is 2.29. The van der Waals surface area contributed by atoms with Gasteiger partial charge in [0, 0.05) is 7.05 Å². The number of benzene rings is 1. The Labute approximate surface area is 125 Å². The van der Waals surface area contributed by atoms with Gasteiger partial charge in [-0.15, -0.1) is 0 Å². The summed E-state index contributed by atoms with van der Waals surface area (Å²) in [7, 11) is 1.90. The van der Waals surface area contributed by atoms with Crippen LogP contribution in [0.25, 0.3) is 0 Å². The van der Waals surface area contributed by atoms with Gasteiger partial charge in [-0.2, -0.15) is 5.10 Å². The lowest BCUT2D eigenvalue weighted by Crippen LogP contribution is -2.14. The molecule has 0 saturated heterocycles. The van der Waals surface area contributed by atoms with Gasteiger partial charge in [-0.05, 0) is 24.3 Å². The second kappa shape index (κ2) is 6.42. The molecule has 0 aliphatic carbocycles. The highest BCUT2D eigenvalue weighted by atomic mass is 35.5. The molecule has 20 heavy (non-hydrogen) atoms. The van der Waals surface area contributed by atoms with E-state index in [1.807, 2.05) is 55.9 Å². The summed E-state index contributed by atoms with van der Waals surface area (Å²) in [5.74, 6) is 0.0787. The maximum Gasteiger partial charge on any atom is 0.0849 e. The van der Waals surface area contributed by atoms with Crippen LogP contribution < -0.4 is 0 Å². The second-order valence-corrected chi connectivity index (χ2v) is 5.60. The number of aryl methyl sites for hydroxylation is 2. The van der Waals surface area contributed by atoms with E-state index in [9.17, 15) is 5.11 Å². The normalized spacial score (nSPS) is 14.2. The minimum atomic E-state index is -0.493. The largest absolute Gasteiger partial charge is 0.388 e. The molecule has 0 fully saturated rings.